The highest BCUT2D eigenvalue weighted by molar-refractivity contribution is 5.49. The SMILES string of the molecule is CCN(CC)c1ccc(NC2CNC2)cn1. The molecule has 1 aromatic rings. The summed E-state index contributed by atoms with van der Waals surface area (Å²) in [6.45, 7) is 8.41. The Bertz CT molecular complexity index is 314. The molecule has 1 fully saturated rings. The first kappa shape index (κ1) is 11.2. The molecule has 1 saturated heterocycles. The number of rotatable bonds is 5. The zero-order chi connectivity index (χ0) is 11.4. The molecule has 4 nitrogen and oxygen atoms in total. The quantitative estimate of drug-likeness (QED) is 0.785. The van der Waals surface area contributed by atoms with Crippen LogP contribution >= 0.6 is 0 Å². The predicted molar refractivity (Wildman–Crippen MR) is 68.1 cm³/mol. The minimum atomic E-state index is 0.570. The van der Waals surface area contributed by atoms with E-state index in [2.05, 4.69) is 46.5 Å². The van der Waals surface area contributed by atoms with Gasteiger partial charge in [0, 0.05) is 26.2 Å². The second kappa shape index (κ2) is 5.16. The van der Waals surface area contributed by atoms with Gasteiger partial charge in [-0.2, -0.15) is 0 Å². The van der Waals surface area contributed by atoms with Crippen LogP contribution in [-0.2, 0) is 0 Å². The summed E-state index contributed by atoms with van der Waals surface area (Å²) < 4.78 is 0. The summed E-state index contributed by atoms with van der Waals surface area (Å²) in [5.41, 5.74) is 1.11. The number of hydrogen-bond donors (Lipinski definition) is 2. The highest BCUT2D eigenvalue weighted by Gasteiger charge is 2.15. The van der Waals surface area contributed by atoms with Crippen LogP contribution < -0.4 is 15.5 Å². The standard InChI is InChI=1S/C12H20N4/c1-3-16(4-2)12-6-5-10(9-14-12)15-11-7-13-8-11/h5-6,9,11,13,15H,3-4,7-8H2,1-2H3. The predicted octanol–water partition coefficient (Wildman–Crippen LogP) is 1.31. The zero-order valence-corrected chi connectivity index (χ0v) is 10.0. The summed E-state index contributed by atoms with van der Waals surface area (Å²) in [4.78, 5) is 6.72. The minimum absolute atomic E-state index is 0.570. The van der Waals surface area contributed by atoms with E-state index in [0.717, 1.165) is 37.7 Å². The molecular formula is C12H20N4. The lowest BCUT2D eigenvalue weighted by Crippen LogP contribution is -2.51. The highest BCUT2D eigenvalue weighted by atomic mass is 15.2. The lowest BCUT2D eigenvalue weighted by atomic mass is 10.2. The molecule has 4 heteroatoms. The normalized spacial score (nSPS) is 15.6. The first-order chi connectivity index (χ1) is 7.83. The van der Waals surface area contributed by atoms with Crippen LogP contribution in [0.5, 0.6) is 0 Å². The van der Waals surface area contributed by atoms with Gasteiger partial charge in [0.1, 0.15) is 5.82 Å². The van der Waals surface area contributed by atoms with Crippen molar-refractivity contribution in [3.05, 3.63) is 18.3 Å². The van der Waals surface area contributed by atoms with Gasteiger partial charge in [-0.25, -0.2) is 4.98 Å². The molecule has 16 heavy (non-hydrogen) atoms. The van der Waals surface area contributed by atoms with E-state index in [1.165, 1.54) is 0 Å². The summed E-state index contributed by atoms with van der Waals surface area (Å²) in [5.74, 6) is 1.06. The highest BCUT2D eigenvalue weighted by Crippen LogP contribution is 2.15. The Morgan fingerprint density at radius 3 is 2.56 bits per heavy atom. The molecule has 0 spiro atoms. The molecule has 2 N–H and O–H groups in total. The van der Waals surface area contributed by atoms with E-state index in [1.807, 2.05) is 6.20 Å². The average molecular weight is 220 g/mol. The van der Waals surface area contributed by atoms with Crippen molar-refractivity contribution in [2.45, 2.75) is 19.9 Å². The molecule has 0 amide bonds. The van der Waals surface area contributed by atoms with Gasteiger partial charge in [0.15, 0.2) is 0 Å². The Balaban J connectivity index is 1.97. The van der Waals surface area contributed by atoms with Crippen molar-refractivity contribution >= 4 is 11.5 Å². The van der Waals surface area contributed by atoms with Gasteiger partial charge in [0.05, 0.1) is 17.9 Å². The van der Waals surface area contributed by atoms with Gasteiger partial charge >= 0.3 is 0 Å². The van der Waals surface area contributed by atoms with Crippen LogP contribution in [-0.4, -0.2) is 37.2 Å². The summed E-state index contributed by atoms with van der Waals surface area (Å²) >= 11 is 0. The molecular weight excluding hydrogens is 200 g/mol. The van der Waals surface area contributed by atoms with E-state index in [-0.39, 0.29) is 0 Å². The molecule has 0 atom stereocenters. The van der Waals surface area contributed by atoms with Crippen molar-refractivity contribution in [3.63, 3.8) is 0 Å². The van der Waals surface area contributed by atoms with Crippen LogP contribution in [0, 0.1) is 0 Å². The minimum Gasteiger partial charge on any atom is -0.378 e. The maximum Gasteiger partial charge on any atom is 0.128 e. The third-order valence-electron chi connectivity index (χ3n) is 2.99. The van der Waals surface area contributed by atoms with Crippen molar-refractivity contribution < 1.29 is 0 Å². The third kappa shape index (κ3) is 2.44. The summed E-state index contributed by atoms with van der Waals surface area (Å²) in [6.07, 6.45) is 1.92. The van der Waals surface area contributed by atoms with Gasteiger partial charge in [-0.15, -0.1) is 0 Å². The molecule has 88 valence electrons. The Hall–Kier alpha value is -1.29. The maximum absolute atomic E-state index is 4.48. The molecule has 2 heterocycles. The largest absolute Gasteiger partial charge is 0.378 e. The van der Waals surface area contributed by atoms with E-state index in [0.29, 0.717) is 6.04 Å². The topological polar surface area (TPSA) is 40.2 Å². The third-order valence-corrected chi connectivity index (χ3v) is 2.99. The fourth-order valence-electron chi connectivity index (χ4n) is 1.83. The Morgan fingerprint density at radius 1 is 1.38 bits per heavy atom. The summed E-state index contributed by atoms with van der Waals surface area (Å²) in [5, 5.41) is 6.68. The molecule has 0 bridgehead atoms. The second-order valence-corrected chi connectivity index (χ2v) is 4.08. The number of nitrogens with zero attached hydrogens (tertiary/aromatic N) is 2. The van der Waals surface area contributed by atoms with E-state index >= 15 is 0 Å². The lowest BCUT2D eigenvalue weighted by molar-refractivity contribution is 0.472. The van der Waals surface area contributed by atoms with Crippen LogP contribution in [0.2, 0.25) is 0 Å². The van der Waals surface area contributed by atoms with Gasteiger partial charge in [-0.3, -0.25) is 0 Å². The summed E-state index contributed by atoms with van der Waals surface area (Å²) in [6, 6.07) is 4.77. The number of pyridine rings is 1. The van der Waals surface area contributed by atoms with E-state index in [9.17, 15) is 0 Å². The second-order valence-electron chi connectivity index (χ2n) is 4.08. The lowest BCUT2D eigenvalue weighted by Gasteiger charge is -2.29. The number of anilines is 2. The van der Waals surface area contributed by atoms with Gasteiger partial charge in [-0.05, 0) is 26.0 Å². The fraction of sp³-hybridized carbons (Fsp3) is 0.583. The van der Waals surface area contributed by atoms with Gasteiger partial charge in [-0.1, -0.05) is 0 Å². The van der Waals surface area contributed by atoms with Gasteiger partial charge < -0.3 is 15.5 Å². The molecule has 0 saturated carbocycles. The zero-order valence-electron chi connectivity index (χ0n) is 10.0. The average Bonchev–Trinajstić information content (AvgIpc) is 2.27. The van der Waals surface area contributed by atoms with Crippen LogP contribution in [0.25, 0.3) is 0 Å². The van der Waals surface area contributed by atoms with Gasteiger partial charge in [0.25, 0.3) is 0 Å². The van der Waals surface area contributed by atoms with Crippen molar-refractivity contribution in [3.8, 4) is 0 Å². The van der Waals surface area contributed by atoms with Crippen LogP contribution in [0.3, 0.4) is 0 Å². The fourth-order valence-corrected chi connectivity index (χ4v) is 1.83. The Labute approximate surface area is 97.1 Å². The molecule has 0 aromatic carbocycles. The number of nitrogens with one attached hydrogen (secondary N) is 2. The molecule has 0 radical (unpaired) electrons. The molecule has 0 aliphatic carbocycles. The first-order valence-corrected chi connectivity index (χ1v) is 6.01. The van der Waals surface area contributed by atoms with Crippen molar-refractivity contribution in [1.29, 1.82) is 0 Å². The maximum atomic E-state index is 4.48. The monoisotopic (exact) mass is 220 g/mol. The smallest absolute Gasteiger partial charge is 0.128 e. The summed E-state index contributed by atoms with van der Waals surface area (Å²) in [7, 11) is 0. The molecule has 1 aromatic heterocycles. The van der Waals surface area contributed by atoms with Crippen molar-refractivity contribution in [1.82, 2.24) is 10.3 Å². The van der Waals surface area contributed by atoms with Crippen LogP contribution in [0.15, 0.2) is 18.3 Å². The van der Waals surface area contributed by atoms with Crippen molar-refractivity contribution in [2.24, 2.45) is 0 Å². The Morgan fingerprint density at radius 2 is 2.12 bits per heavy atom. The van der Waals surface area contributed by atoms with E-state index in [1.54, 1.807) is 0 Å². The van der Waals surface area contributed by atoms with Crippen LogP contribution in [0.1, 0.15) is 13.8 Å². The Kier molecular flexibility index (Phi) is 3.62. The van der Waals surface area contributed by atoms with Crippen molar-refractivity contribution in [2.75, 3.05) is 36.4 Å². The van der Waals surface area contributed by atoms with E-state index < -0.39 is 0 Å². The first-order valence-electron chi connectivity index (χ1n) is 6.01. The molecule has 0 unspecified atom stereocenters. The molecule has 2 rings (SSSR count). The molecule has 1 aliphatic heterocycles. The molecule has 1 aliphatic rings. The number of hydrogen-bond acceptors (Lipinski definition) is 4. The van der Waals surface area contributed by atoms with Crippen LogP contribution in [0.4, 0.5) is 11.5 Å². The number of aromatic nitrogens is 1. The van der Waals surface area contributed by atoms with Gasteiger partial charge in [0.2, 0.25) is 0 Å². The van der Waals surface area contributed by atoms with E-state index in [4.69, 9.17) is 0 Å².